The predicted molar refractivity (Wildman–Crippen MR) is 63.3 cm³/mol. The van der Waals surface area contributed by atoms with Crippen LogP contribution in [-0.2, 0) is 6.54 Å². The van der Waals surface area contributed by atoms with E-state index < -0.39 is 0 Å². The third-order valence-corrected chi connectivity index (χ3v) is 2.51. The van der Waals surface area contributed by atoms with Crippen molar-refractivity contribution in [3.05, 3.63) is 29.6 Å². The first kappa shape index (κ1) is 12.4. The molecule has 88 valence electrons. The Morgan fingerprint density at radius 1 is 1.69 bits per heavy atom. The molecule has 0 radical (unpaired) electrons. The van der Waals surface area contributed by atoms with Gasteiger partial charge in [-0.2, -0.15) is 0 Å². The van der Waals surface area contributed by atoms with Crippen molar-refractivity contribution in [1.82, 2.24) is 10.3 Å². The fourth-order valence-electron chi connectivity index (χ4n) is 1.45. The Morgan fingerprint density at radius 3 is 3.00 bits per heavy atom. The molecular formula is C11H18N4O. The molecule has 0 spiro atoms. The lowest BCUT2D eigenvalue weighted by molar-refractivity contribution is 0.314. The van der Waals surface area contributed by atoms with Crippen LogP contribution in [0.3, 0.4) is 0 Å². The summed E-state index contributed by atoms with van der Waals surface area (Å²) in [5.41, 5.74) is 7.65. The second-order valence-corrected chi connectivity index (χ2v) is 3.63. The number of nitrogens with two attached hydrogens (primary N) is 1. The van der Waals surface area contributed by atoms with E-state index in [0.717, 1.165) is 17.7 Å². The minimum Gasteiger partial charge on any atom is -0.409 e. The number of pyridine rings is 1. The van der Waals surface area contributed by atoms with Gasteiger partial charge in [0.1, 0.15) is 0 Å². The van der Waals surface area contributed by atoms with Gasteiger partial charge in [0.05, 0.1) is 11.7 Å². The van der Waals surface area contributed by atoms with E-state index >= 15 is 0 Å². The summed E-state index contributed by atoms with van der Waals surface area (Å²) in [7, 11) is 0. The van der Waals surface area contributed by atoms with E-state index in [-0.39, 0.29) is 11.9 Å². The third kappa shape index (κ3) is 3.20. The van der Waals surface area contributed by atoms with Crippen molar-refractivity contribution in [2.24, 2.45) is 10.9 Å². The molecule has 0 bridgehead atoms. The average Bonchev–Trinajstić information content (AvgIpc) is 2.31. The van der Waals surface area contributed by atoms with Crippen LogP contribution in [0.15, 0.2) is 23.5 Å². The van der Waals surface area contributed by atoms with Gasteiger partial charge >= 0.3 is 0 Å². The Hall–Kier alpha value is -1.62. The second kappa shape index (κ2) is 6.07. The minimum atomic E-state index is -0.119. The summed E-state index contributed by atoms with van der Waals surface area (Å²) < 4.78 is 0. The Balaban J connectivity index is 2.60. The number of nitrogens with one attached hydrogen (secondary N) is 1. The summed E-state index contributed by atoms with van der Waals surface area (Å²) in [6, 6.07) is 3.79. The van der Waals surface area contributed by atoms with Crippen LogP contribution in [0.25, 0.3) is 0 Å². The van der Waals surface area contributed by atoms with Gasteiger partial charge in [-0.15, -0.1) is 0 Å². The molecule has 1 atom stereocenters. The zero-order valence-electron chi connectivity index (χ0n) is 9.64. The molecule has 1 aromatic rings. The Kier molecular flexibility index (Phi) is 4.72. The Morgan fingerprint density at radius 2 is 2.44 bits per heavy atom. The zero-order valence-corrected chi connectivity index (χ0v) is 9.64. The highest BCUT2D eigenvalue weighted by atomic mass is 16.4. The summed E-state index contributed by atoms with van der Waals surface area (Å²) in [5.74, 6) is 0.205. The third-order valence-electron chi connectivity index (χ3n) is 2.51. The summed E-state index contributed by atoms with van der Waals surface area (Å²) in [6.45, 7) is 4.59. The highest BCUT2D eigenvalue weighted by molar-refractivity contribution is 5.85. The molecule has 4 N–H and O–H groups in total. The van der Waals surface area contributed by atoms with E-state index in [0.29, 0.717) is 6.54 Å². The van der Waals surface area contributed by atoms with Gasteiger partial charge in [-0.3, -0.25) is 4.98 Å². The Labute approximate surface area is 95.4 Å². The SMILES string of the molecule is CCC(NCc1ncccc1C)C(N)=NO. The number of oxime groups is 1. The quantitative estimate of drug-likeness (QED) is 0.300. The number of aryl methyl sites for hydroxylation is 1. The van der Waals surface area contributed by atoms with Gasteiger partial charge in [-0.25, -0.2) is 0 Å². The van der Waals surface area contributed by atoms with Gasteiger partial charge in [0, 0.05) is 12.7 Å². The molecule has 0 aliphatic carbocycles. The van der Waals surface area contributed by atoms with Crippen LogP contribution >= 0.6 is 0 Å². The van der Waals surface area contributed by atoms with Crippen molar-refractivity contribution in [2.45, 2.75) is 32.9 Å². The molecule has 0 aliphatic rings. The number of nitrogens with zero attached hydrogens (tertiary/aromatic N) is 2. The molecule has 0 aromatic carbocycles. The summed E-state index contributed by atoms with van der Waals surface area (Å²) >= 11 is 0. The van der Waals surface area contributed by atoms with E-state index in [4.69, 9.17) is 10.9 Å². The van der Waals surface area contributed by atoms with Gasteiger partial charge in [0.25, 0.3) is 0 Å². The smallest absolute Gasteiger partial charge is 0.156 e. The molecule has 1 aromatic heterocycles. The summed E-state index contributed by atoms with van der Waals surface area (Å²) in [5, 5.41) is 14.8. The number of hydrogen-bond acceptors (Lipinski definition) is 4. The van der Waals surface area contributed by atoms with Gasteiger partial charge in [0.15, 0.2) is 5.84 Å². The minimum absolute atomic E-state index is 0.119. The molecule has 0 saturated heterocycles. The lowest BCUT2D eigenvalue weighted by Crippen LogP contribution is -2.40. The maximum Gasteiger partial charge on any atom is 0.156 e. The van der Waals surface area contributed by atoms with Crippen molar-refractivity contribution in [1.29, 1.82) is 0 Å². The molecule has 0 aliphatic heterocycles. The van der Waals surface area contributed by atoms with Crippen LogP contribution in [0.2, 0.25) is 0 Å². The zero-order chi connectivity index (χ0) is 12.0. The maximum atomic E-state index is 8.60. The average molecular weight is 222 g/mol. The fraction of sp³-hybridized carbons (Fsp3) is 0.455. The number of aromatic nitrogens is 1. The number of amidine groups is 1. The van der Waals surface area contributed by atoms with Gasteiger partial charge < -0.3 is 16.3 Å². The lowest BCUT2D eigenvalue weighted by atomic mass is 10.1. The predicted octanol–water partition coefficient (Wildman–Crippen LogP) is 1.00. The molecule has 1 heterocycles. The van der Waals surface area contributed by atoms with Crippen molar-refractivity contribution in [2.75, 3.05) is 0 Å². The first-order valence-corrected chi connectivity index (χ1v) is 5.30. The first-order chi connectivity index (χ1) is 7.69. The summed E-state index contributed by atoms with van der Waals surface area (Å²) in [4.78, 5) is 4.26. The lowest BCUT2D eigenvalue weighted by Gasteiger charge is -2.15. The van der Waals surface area contributed by atoms with E-state index in [1.54, 1.807) is 6.20 Å². The molecule has 5 heteroatoms. The number of hydrogen-bond donors (Lipinski definition) is 3. The van der Waals surface area contributed by atoms with Crippen molar-refractivity contribution >= 4 is 5.84 Å². The molecule has 16 heavy (non-hydrogen) atoms. The molecule has 0 fully saturated rings. The monoisotopic (exact) mass is 222 g/mol. The summed E-state index contributed by atoms with van der Waals surface area (Å²) in [6.07, 6.45) is 2.52. The van der Waals surface area contributed by atoms with Gasteiger partial charge in [0.2, 0.25) is 0 Å². The molecule has 0 amide bonds. The van der Waals surface area contributed by atoms with Gasteiger partial charge in [-0.05, 0) is 25.0 Å². The van der Waals surface area contributed by atoms with Crippen molar-refractivity contribution in [3.8, 4) is 0 Å². The molecule has 0 saturated carbocycles. The standard InChI is InChI=1S/C11H18N4O/c1-3-9(11(12)15-16)14-7-10-8(2)5-4-6-13-10/h4-6,9,14,16H,3,7H2,1-2H3,(H2,12,15). The molecule has 1 rings (SSSR count). The van der Waals surface area contributed by atoms with Crippen LogP contribution in [0, 0.1) is 6.92 Å². The second-order valence-electron chi connectivity index (χ2n) is 3.63. The van der Waals surface area contributed by atoms with E-state index in [9.17, 15) is 0 Å². The van der Waals surface area contributed by atoms with E-state index in [1.165, 1.54) is 0 Å². The van der Waals surface area contributed by atoms with Gasteiger partial charge in [-0.1, -0.05) is 18.1 Å². The highest BCUT2D eigenvalue weighted by Crippen LogP contribution is 2.03. The van der Waals surface area contributed by atoms with Crippen LogP contribution in [0.1, 0.15) is 24.6 Å². The van der Waals surface area contributed by atoms with Crippen LogP contribution < -0.4 is 11.1 Å². The fourth-order valence-corrected chi connectivity index (χ4v) is 1.45. The molecule has 5 nitrogen and oxygen atoms in total. The van der Waals surface area contributed by atoms with Crippen LogP contribution in [0.5, 0.6) is 0 Å². The maximum absolute atomic E-state index is 8.60. The first-order valence-electron chi connectivity index (χ1n) is 5.30. The Bertz CT molecular complexity index is 365. The highest BCUT2D eigenvalue weighted by Gasteiger charge is 2.11. The molecular weight excluding hydrogens is 204 g/mol. The topological polar surface area (TPSA) is 83.5 Å². The van der Waals surface area contributed by atoms with Crippen LogP contribution in [0.4, 0.5) is 0 Å². The van der Waals surface area contributed by atoms with Crippen molar-refractivity contribution in [3.63, 3.8) is 0 Å². The van der Waals surface area contributed by atoms with Crippen LogP contribution in [-0.4, -0.2) is 22.1 Å². The molecule has 1 unspecified atom stereocenters. The largest absolute Gasteiger partial charge is 0.409 e. The number of rotatable bonds is 5. The van der Waals surface area contributed by atoms with E-state index in [1.807, 2.05) is 26.0 Å². The normalized spacial score (nSPS) is 13.8. The van der Waals surface area contributed by atoms with Crippen molar-refractivity contribution < 1.29 is 5.21 Å². The van der Waals surface area contributed by atoms with E-state index in [2.05, 4.69) is 15.5 Å².